The molecule has 0 bridgehead atoms. The zero-order valence-electron chi connectivity index (χ0n) is 11.2. The summed E-state index contributed by atoms with van der Waals surface area (Å²) in [7, 11) is 0. The zero-order valence-corrected chi connectivity index (χ0v) is 11.2. The van der Waals surface area contributed by atoms with Crippen LogP contribution in [0, 0.1) is 0 Å². The molecule has 96 valence electrons. The molecule has 2 N–H and O–H groups in total. The molecule has 3 heteroatoms. The summed E-state index contributed by atoms with van der Waals surface area (Å²) < 4.78 is 2.25. The summed E-state index contributed by atoms with van der Waals surface area (Å²) in [6, 6.07) is 0. The molecule has 17 heavy (non-hydrogen) atoms. The Morgan fingerprint density at radius 1 is 1.29 bits per heavy atom. The van der Waals surface area contributed by atoms with Crippen LogP contribution in [0.4, 0.5) is 5.82 Å². The number of unbranched alkanes of at least 4 members (excludes halogenated alkanes) is 1. The van der Waals surface area contributed by atoms with E-state index in [1.54, 1.807) is 0 Å². The smallest absolute Gasteiger partial charge is 0.127 e. The highest BCUT2D eigenvalue weighted by Gasteiger charge is 2.24. The molecule has 0 aromatic carbocycles. The number of hydrogen-bond acceptors (Lipinski definition) is 2. The summed E-state index contributed by atoms with van der Waals surface area (Å²) in [5.41, 5.74) is 7.49. The van der Waals surface area contributed by atoms with Gasteiger partial charge in [0.05, 0.1) is 5.69 Å². The molecule has 0 atom stereocenters. The van der Waals surface area contributed by atoms with E-state index >= 15 is 0 Å². The van der Waals surface area contributed by atoms with E-state index in [9.17, 15) is 0 Å². The van der Waals surface area contributed by atoms with Crippen molar-refractivity contribution in [1.29, 1.82) is 0 Å². The Morgan fingerprint density at radius 3 is 2.59 bits per heavy atom. The van der Waals surface area contributed by atoms with E-state index in [0.29, 0.717) is 5.92 Å². The van der Waals surface area contributed by atoms with Crippen LogP contribution in [0.25, 0.3) is 0 Å². The van der Waals surface area contributed by atoms with Crippen molar-refractivity contribution in [3.05, 3.63) is 11.5 Å². The SMILES string of the molecule is CCCCn1c(CC)nc(C2CCCC2)c1N. The molecule has 0 unspecified atom stereocenters. The van der Waals surface area contributed by atoms with E-state index in [1.807, 2.05) is 0 Å². The molecular formula is C14H25N3. The zero-order chi connectivity index (χ0) is 12.3. The molecule has 1 aliphatic rings. The summed E-state index contributed by atoms with van der Waals surface area (Å²) in [6.07, 6.45) is 8.62. The first-order valence-corrected chi connectivity index (χ1v) is 7.12. The van der Waals surface area contributed by atoms with E-state index < -0.39 is 0 Å². The number of imidazole rings is 1. The maximum absolute atomic E-state index is 6.30. The number of rotatable bonds is 5. The summed E-state index contributed by atoms with van der Waals surface area (Å²) in [4.78, 5) is 4.80. The monoisotopic (exact) mass is 235 g/mol. The second-order valence-corrected chi connectivity index (χ2v) is 5.14. The van der Waals surface area contributed by atoms with Crippen molar-refractivity contribution in [3.63, 3.8) is 0 Å². The Morgan fingerprint density at radius 2 is 2.00 bits per heavy atom. The predicted molar refractivity (Wildman–Crippen MR) is 72.1 cm³/mol. The lowest BCUT2D eigenvalue weighted by Gasteiger charge is -2.09. The lowest BCUT2D eigenvalue weighted by molar-refractivity contribution is 0.612. The van der Waals surface area contributed by atoms with Crippen LogP contribution < -0.4 is 5.73 Å². The molecule has 0 radical (unpaired) electrons. The normalized spacial score (nSPS) is 16.8. The Bertz CT molecular complexity index is 362. The van der Waals surface area contributed by atoms with Crippen molar-refractivity contribution >= 4 is 5.82 Å². The second kappa shape index (κ2) is 5.56. The van der Waals surface area contributed by atoms with Crippen molar-refractivity contribution in [2.45, 2.75) is 71.3 Å². The molecule has 1 aliphatic carbocycles. The average Bonchev–Trinajstić information content (AvgIpc) is 2.94. The van der Waals surface area contributed by atoms with Gasteiger partial charge in [-0.15, -0.1) is 0 Å². The molecule has 3 nitrogen and oxygen atoms in total. The van der Waals surface area contributed by atoms with E-state index in [-0.39, 0.29) is 0 Å². The number of anilines is 1. The highest BCUT2D eigenvalue weighted by atomic mass is 15.1. The van der Waals surface area contributed by atoms with Gasteiger partial charge in [0.1, 0.15) is 11.6 Å². The number of aryl methyl sites for hydroxylation is 1. The summed E-state index contributed by atoms with van der Waals surface area (Å²) in [5.74, 6) is 2.75. The van der Waals surface area contributed by atoms with Crippen LogP contribution in [0.5, 0.6) is 0 Å². The third-order valence-corrected chi connectivity index (χ3v) is 3.91. The third-order valence-electron chi connectivity index (χ3n) is 3.91. The van der Waals surface area contributed by atoms with Crippen LogP contribution in [0.3, 0.4) is 0 Å². The van der Waals surface area contributed by atoms with Crippen molar-refractivity contribution in [3.8, 4) is 0 Å². The van der Waals surface area contributed by atoms with Crippen LogP contribution in [-0.2, 0) is 13.0 Å². The van der Waals surface area contributed by atoms with Gasteiger partial charge in [-0.25, -0.2) is 4.98 Å². The Balaban J connectivity index is 2.24. The number of nitrogen functional groups attached to an aromatic ring is 1. The van der Waals surface area contributed by atoms with Gasteiger partial charge in [-0.1, -0.05) is 33.1 Å². The van der Waals surface area contributed by atoms with Crippen molar-refractivity contribution in [1.82, 2.24) is 9.55 Å². The van der Waals surface area contributed by atoms with Crippen molar-refractivity contribution < 1.29 is 0 Å². The Labute approximate surface area is 104 Å². The summed E-state index contributed by atoms with van der Waals surface area (Å²) >= 11 is 0. The number of nitrogens with two attached hydrogens (primary N) is 1. The van der Waals surface area contributed by atoms with E-state index in [4.69, 9.17) is 10.7 Å². The van der Waals surface area contributed by atoms with Crippen LogP contribution >= 0.6 is 0 Å². The summed E-state index contributed by atoms with van der Waals surface area (Å²) in [5, 5.41) is 0. The van der Waals surface area contributed by atoms with Crippen molar-refractivity contribution in [2.75, 3.05) is 5.73 Å². The molecule has 1 aromatic heterocycles. The molecule has 0 spiro atoms. The Kier molecular flexibility index (Phi) is 4.08. The quantitative estimate of drug-likeness (QED) is 0.849. The molecule has 0 aliphatic heterocycles. The standard InChI is InChI=1S/C14H25N3/c1-3-5-10-17-12(4-2)16-13(14(17)15)11-8-6-7-9-11/h11H,3-10,15H2,1-2H3. The molecule has 2 rings (SSSR count). The van der Waals surface area contributed by atoms with Gasteiger partial charge in [-0.3, -0.25) is 0 Å². The first-order chi connectivity index (χ1) is 8.27. The maximum atomic E-state index is 6.30. The molecule has 0 amide bonds. The highest BCUT2D eigenvalue weighted by Crippen LogP contribution is 2.36. The topological polar surface area (TPSA) is 43.8 Å². The number of aromatic nitrogens is 2. The van der Waals surface area contributed by atoms with Crippen LogP contribution in [0.1, 0.15) is 69.8 Å². The largest absolute Gasteiger partial charge is 0.384 e. The first kappa shape index (κ1) is 12.5. The van der Waals surface area contributed by atoms with Crippen LogP contribution in [0.15, 0.2) is 0 Å². The van der Waals surface area contributed by atoms with Gasteiger partial charge in [-0.2, -0.15) is 0 Å². The third kappa shape index (κ3) is 2.48. The Hall–Kier alpha value is -0.990. The first-order valence-electron chi connectivity index (χ1n) is 7.12. The van der Waals surface area contributed by atoms with E-state index in [1.165, 1.54) is 50.0 Å². The molecule has 1 fully saturated rings. The maximum Gasteiger partial charge on any atom is 0.127 e. The molecule has 1 aromatic rings. The lowest BCUT2D eigenvalue weighted by Crippen LogP contribution is -2.07. The second-order valence-electron chi connectivity index (χ2n) is 5.14. The van der Waals surface area contributed by atoms with Gasteiger partial charge in [0.15, 0.2) is 0 Å². The minimum Gasteiger partial charge on any atom is -0.384 e. The van der Waals surface area contributed by atoms with Gasteiger partial charge in [0.2, 0.25) is 0 Å². The van der Waals surface area contributed by atoms with Crippen LogP contribution in [0.2, 0.25) is 0 Å². The number of hydrogen-bond donors (Lipinski definition) is 1. The number of nitrogens with zero attached hydrogens (tertiary/aromatic N) is 2. The van der Waals surface area contributed by atoms with Gasteiger partial charge >= 0.3 is 0 Å². The molecule has 1 heterocycles. The minimum atomic E-state index is 0.628. The highest BCUT2D eigenvalue weighted by molar-refractivity contribution is 5.41. The minimum absolute atomic E-state index is 0.628. The fourth-order valence-corrected chi connectivity index (χ4v) is 2.87. The van der Waals surface area contributed by atoms with Gasteiger partial charge in [0.25, 0.3) is 0 Å². The molecule has 0 saturated heterocycles. The molecular weight excluding hydrogens is 210 g/mol. The van der Waals surface area contributed by atoms with E-state index in [2.05, 4.69) is 18.4 Å². The van der Waals surface area contributed by atoms with Gasteiger partial charge in [-0.05, 0) is 19.3 Å². The predicted octanol–water partition coefficient (Wildman–Crippen LogP) is 3.49. The fourth-order valence-electron chi connectivity index (χ4n) is 2.87. The van der Waals surface area contributed by atoms with Crippen molar-refractivity contribution in [2.24, 2.45) is 0 Å². The summed E-state index contributed by atoms with van der Waals surface area (Å²) in [6.45, 7) is 5.42. The lowest BCUT2D eigenvalue weighted by atomic mass is 10.0. The van der Waals surface area contributed by atoms with Gasteiger partial charge < -0.3 is 10.3 Å². The molecule has 1 saturated carbocycles. The van der Waals surface area contributed by atoms with Crippen LogP contribution in [-0.4, -0.2) is 9.55 Å². The average molecular weight is 235 g/mol. The van der Waals surface area contributed by atoms with Gasteiger partial charge in [0, 0.05) is 18.9 Å². The van der Waals surface area contributed by atoms with E-state index in [0.717, 1.165) is 18.8 Å². The fraction of sp³-hybridized carbons (Fsp3) is 0.786.